The maximum absolute atomic E-state index is 12.9. The van der Waals surface area contributed by atoms with Crippen molar-refractivity contribution >= 4 is 11.9 Å². The third kappa shape index (κ3) is 4.65. The number of carboxylic acid groups (broad SMARTS) is 1. The molecule has 0 aromatic carbocycles. The average Bonchev–Trinajstić information content (AvgIpc) is 3.18. The molecule has 0 spiro atoms. The molecule has 4 heteroatoms. The minimum absolute atomic E-state index is 0.0126. The molecule has 1 amide bonds. The molecule has 4 atom stereocenters. The van der Waals surface area contributed by atoms with Crippen molar-refractivity contribution in [1.29, 1.82) is 0 Å². The molecule has 25 heavy (non-hydrogen) atoms. The van der Waals surface area contributed by atoms with E-state index in [9.17, 15) is 14.7 Å². The fraction of sp³-hybridized carbons (Fsp3) is 0.810. The second-order valence-electron chi connectivity index (χ2n) is 8.30. The maximum atomic E-state index is 12.9. The lowest BCUT2D eigenvalue weighted by atomic mass is 9.82. The molecule has 0 saturated heterocycles. The number of fused-ring (bicyclic) bond motifs is 2. The maximum Gasteiger partial charge on any atom is 0.307 e. The summed E-state index contributed by atoms with van der Waals surface area (Å²) in [5, 5.41) is 12.8. The molecule has 4 nitrogen and oxygen atoms in total. The van der Waals surface area contributed by atoms with Crippen LogP contribution in [0.15, 0.2) is 12.2 Å². The fourth-order valence-corrected chi connectivity index (χ4v) is 5.12. The highest BCUT2D eigenvalue weighted by atomic mass is 16.4. The second-order valence-corrected chi connectivity index (χ2v) is 8.30. The molecule has 0 heterocycles. The highest BCUT2D eigenvalue weighted by Gasteiger charge is 2.51. The van der Waals surface area contributed by atoms with E-state index in [1.807, 2.05) is 6.08 Å². The Morgan fingerprint density at radius 2 is 1.24 bits per heavy atom. The third-order valence-electron chi connectivity index (χ3n) is 6.50. The molecule has 0 aromatic heterocycles. The van der Waals surface area contributed by atoms with Crippen LogP contribution >= 0.6 is 0 Å². The van der Waals surface area contributed by atoms with E-state index in [1.165, 1.54) is 57.8 Å². The summed E-state index contributed by atoms with van der Waals surface area (Å²) >= 11 is 0. The third-order valence-corrected chi connectivity index (χ3v) is 6.50. The topological polar surface area (TPSA) is 66.4 Å². The first-order chi connectivity index (χ1) is 12.2. The summed E-state index contributed by atoms with van der Waals surface area (Å²) in [6, 6.07) is 0.226. The van der Waals surface area contributed by atoms with Crippen molar-refractivity contribution in [3.63, 3.8) is 0 Å². The molecule has 2 bridgehead atoms. The normalized spacial score (nSPS) is 34.2. The minimum Gasteiger partial charge on any atom is -0.481 e. The number of carbonyl (C=O) groups is 2. The summed E-state index contributed by atoms with van der Waals surface area (Å²) in [6.07, 6.45) is 18.5. The quantitative estimate of drug-likeness (QED) is 0.748. The Morgan fingerprint density at radius 3 is 1.76 bits per heavy atom. The zero-order valence-electron chi connectivity index (χ0n) is 15.3. The number of carbonyl (C=O) groups excluding carboxylic acids is 1. The number of carboxylic acids is 1. The van der Waals surface area contributed by atoms with Crippen LogP contribution in [0.25, 0.3) is 0 Å². The lowest BCUT2D eigenvalue weighted by Gasteiger charge is -2.27. The average molecular weight is 347 g/mol. The zero-order chi connectivity index (χ0) is 17.6. The lowest BCUT2D eigenvalue weighted by Crippen LogP contribution is -2.44. The van der Waals surface area contributed by atoms with Gasteiger partial charge in [0.25, 0.3) is 0 Å². The van der Waals surface area contributed by atoms with Gasteiger partial charge in [-0.3, -0.25) is 9.59 Å². The first-order valence-electron chi connectivity index (χ1n) is 10.4. The van der Waals surface area contributed by atoms with Gasteiger partial charge in [-0.15, -0.1) is 0 Å². The van der Waals surface area contributed by atoms with E-state index in [0.717, 1.165) is 19.3 Å². The van der Waals surface area contributed by atoms with Crippen LogP contribution in [0, 0.1) is 23.7 Å². The fourth-order valence-electron chi connectivity index (χ4n) is 5.12. The van der Waals surface area contributed by atoms with Gasteiger partial charge in [0.15, 0.2) is 0 Å². The van der Waals surface area contributed by atoms with Gasteiger partial charge < -0.3 is 10.4 Å². The van der Waals surface area contributed by atoms with Crippen molar-refractivity contribution in [1.82, 2.24) is 5.32 Å². The highest BCUT2D eigenvalue weighted by Crippen LogP contribution is 2.48. The van der Waals surface area contributed by atoms with Gasteiger partial charge in [0.05, 0.1) is 11.8 Å². The summed E-state index contributed by atoms with van der Waals surface area (Å²) < 4.78 is 0. The van der Waals surface area contributed by atoms with Crippen LogP contribution < -0.4 is 5.32 Å². The summed E-state index contributed by atoms with van der Waals surface area (Å²) in [5.74, 6) is -1.54. The van der Waals surface area contributed by atoms with Crippen LogP contribution in [0.1, 0.15) is 77.0 Å². The number of aliphatic carboxylic acids is 1. The van der Waals surface area contributed by atoms with Gasteiger partial charge in [-0.2, -0.15) is 0 Å². The summed E-state index contributed by atoms with van der Waals surface area (Å²) in [7, 11) is 0. The van der Waals surface area contributed by atoms with Gasteiger partial charge in [-0.25, -0.2) is 0 Å². The molecule has 3 rings (SSSR count). The smallest absolute Gasteiger partial charge is 0.307 e. The van der Waals surface area contributed by atoms with Gasteiger partial charge in [0.2, 0.25) is 5.91 Å². The molecule has 0 aliphatic heterocycles. The molecule has 0 unspecified atom stereocenters. The van der Waals surface area contributed by atoms with Crippen molar-refractivity contribution in [2.45, 2.75) is 83.1 Å². The molecule has 0 radical (unpaired) electrons. The van der Waals surface area contributed by atoms with Crippen LogP contribution in [0.5, 0.6) is 0 Å². The molecular weight excluding hydrogens is 314 g/mol. The number of nitrogens with one attached hydrogen (secondary N) is 1. The van der Waals surface area contributed by atoms with Crippen LogP contribution in [0.2, 0.25) is 0 Å². The van der Waals surface area contributed by atoms with Crippen LogP contribution in [-0.2, 0) is 9.59 Å². The van der Waals surface area contributed by atoms with E-state index in [-0.39, 0.29) is 29.7 Å². The predicted octanol–water partition coefficient (Wildman–Crippen LogP) is 4.30. The highest BCUT2D eigenvalue weighted by molar-refractivity contribution is 5.87. The minimum atomic E-state index is -0.810. The number of rotatable bonds is 3. The van der Waals surface area contributed by atoms with Crippen LogP contribution in [0.3, 0.4) is 0 Å². The van der Waals surface area contributed by atoms with Gasteiger partial charge in [-0.1, -0.05) is 69.9 Å². The Bertz CT molecular complexity index is 489. The number of hydrogen-bond acceptors (Lipinski definition) is 2. The molecule has 3 aliphatic rings. The molecule has 2 fully saturated rings. The number of hydrogen-bond donors (Lipinski definition) is 2. The van der Waals surface area contributed by atoms with Gasteiger partial charge in [0.1, 0.15) is 0 Å². The van der Waals surface area contributed by atoms with Crippen molar-refractivity contribution in [3.05, 3.63) is 12.2 Å². The molecule has 0 aromatic rings. The lowest BCUT2D eigenvalue weighted by molar-refractivity contribution is -0.148. The van der Waals surface area contributed by atoms with Gasteiger partial charge >= 0.3 is 5.97 Å². The molecule has 2 saturated carbocycles. The van der Waals surface area contributed by atoms with E-state index in [4.69, 9.17) is 0 Å². The van der Waals surface area contributed by atoms with E-state index >= 15 is 0 Å². The Balaban J connectivity index is 1.57. The van der Waals surface area contributed by atoms with E-state index in [2.05, 4.69) is 11.4 Å². The van der Waals surface area contributed by atoms with E-state index < -0.39 is 11.9 Å². The number of allylic oxidation sites excluding steroid dienone is 2. The summed E-state index contributed by atoms with van der Waals surface area (Å²) in [4.78, 5) is 24.5. The standard InChI is InChI=1S/C21H33NO3/c23-20(18-15-12-13-16(14-15)19(18)21(24)25)22-17-10-8-6-4-2-1-3-5-7-9-11-17/h12-13,15-19H,1-11,14H2,(H,22,23)(H,24,25)/t15-,16-,18-,19-/m0/s1. The monoisotopic (exact) mass is 347 g/mol. The van der Waals surface area contributed by atoms with Crippen molar-refractivity contribution in [2.24, 2.45) is 23.7 Å². The summed E-state index contributed by atoms with van der Waals surface area (Å²) in [6.45, 7) is 0. The SMILES string of the molecule is O=C(O)[C@@H]1[C@@H](C(=O)NC2CCCCCCCCCCC2)[C@H]2C=C[C@H]1C2. The first-order valence-corrected chi connectivity index (χ1v) is 10.4. The summed E-state index contributed by atoms with van der Waals surface area (Å²) in [5.41, 5.74) is 0. The van der Waals surface area contributed by atoms with E-state index in [1.54, 1.807) is 0 Å². The van der Waals surface area contributed by atoms with Crippen molar-refractivity contribution < 1.29 is 14.7 Å². The van der Waals surface area contributed by atoms with Crippen molar-refractivity contribution in [2.75, 3.05) is 0 Å². The predicted molar refractivity (Wildman–Crippen MR) is 98.1 cm³/mol. The van der Waals surface area contributed by atoms with Crippen LogP contribution in [0.4, 0.5) is 0 Å². The van der Waals surface area contributed by atoms with Gasteiger partial charge in [0, 0.05) is 6.04 Å². The zero-order valence-corrected chi connectivity index (χ0v) is 15.3. The second kappa shape index (κ2) is 8.86. The molecule has 3 aliphatic carbocycles. The molecular formula is C21H33NO3. The van der Waals surface area contributed by atoms with Crippen LogP contribution in [-0.4, -0.2) is 23.0 Å². The Labute approximate surface area is 151 Å². The Morgan fingerprint density at radius 1 is 0.760 bits per heavy atom. The van der Waals surface area contributed by atoms with Crippen molar-refractivity contribution in [3.8, 4) is 0 Å². The van der Waals surface area contributed by atoms with Gasteiger partial charge in [-0.05, 0) is 31.1 Å². The molecule has 2 N–H and O–H groups in total. The first kappa shape index (κ1) is 18.5. The molecule has 140 valence electrons. The largest absolute Gasteiger partial charge is 0.481 e. The Hall–Kier alpha value is -1.32. The van der Waals surface area contributed by atoms with E-state index in [0.29, 0.717) is 0 Å². The number of amides is 1. The Kier molecular flexibility index (Phi) is 6.55.